The number of anilines is 2. The molecule has 1 atom stereocenters. The van der Waals surface area contributed by atoms with Crippen molar-refractivity contribution in [1.82, 2.24) is 9.88 Å². The lowest BCUT2D eigenvalue weighted by Crippen LogP contribution is -2.50. The van der Waals surface area contributed by atoms with Crippen LogP contribution in [0.25, 0.3) is 0 Å². The maximum atomic E-state index is 13.4. The minimum Gasteiger partial charge on any atom is -0.497 e. The predicted octanol–water partition coefficient (Wildman–Crippen LogP) is 3.93. The molecule has 2 amide bonds. The molecule has 36 heavy (non-hydrogen) atoms. The van der Waals surface area contributed by atoms with E-state index in [1.807, 2.05) is 4.90 Å². The van der Waals surface area contributed by atoms with Gasteiger partial charge >= 0.3 is 0 Å². The summed E-state index contributed by atoms with van der Waals surface area (Å²) in [5, 5.41) is 3.33. The zero-order valence-corrected chi connectivity index (χ0v) is 20.9. The molecule has 1 saturated heterocycles. The Labute approximate surface area is 212 Å². The van der Waals surface area contributed by atoms with Crippen LogP contribution in [-0.2, 0) is 11.2 Å². The molecule has 1 aliphatic heterocycles. The van der Waals surface area contributed by atoms with Crippen molar-refractivity contribution in [1.29, 1.82) is 0 Å². The number of carbonyl (C=O) groups is 2. The predicted molar refractivity (Wildman–Crippen MR) is 136 cm³/mol. The summed E-state index contributed by atoms with van der Waals surface area (Å²) in [5.41, 5.74) is 2.12. The molecule has 10 heteroatoms. The zero-order valence-electron chi connectivity index (χ0n) is 20.1. The smallest absolute Gasteiger partial charge is 0.257 e. The number of nitrogens with zero attached hydrogens (tertiary/aromatic N) is 3. The normalized spacial score (nSPS) is 17.0. The summed E-state index contributed by atoms with van der Waals surface area (Å²) >= 11 is 1.42. The molecule has 2 heterocycles. The molecule has 2 aliphatic rings. The second kappa shape index (κ2) is 10.1. The van der Waals surface area contributed by atoms with Crippen LogP contribution < -0.4 is 19.7 Å². The van der Waals surface area contributed by atoms with Gasteiger partial charge in [-0.25, -0.2) is 9.37 Å². The Morgan fingerprint density at radius 2 is 1.69 bits per heavy atom. The third-order valence-electron chi connectivity index (χ3n) is 6.63. The van der Waals surface area contributed by atoms with Crippen LogP contribution in [0.3, 0.4) is 0 Å². The maximum Gasteiger partial charge on any atom is 0.257 e. The van der Waals surface area contributed by atoms with Gasteiger partial charge in [-0.05, 0) is 49.2 Å². The van der Waals surface area contributed by atoms with Crippen LogP contribution in [-0.4, -0.2) is 62.1 Å². The first-order valence-electron chi connectivity index (χ1n) is 11.8. The summed E-state index contributed by atoms with van der Waals surface area (Å²) < 4.78 is 23.7. The highest BCUT2D eigenvalue weighted by molar-refractivity contribution is 7.16. The molecule has 1 unspecified atom stereocenters. The van der Waals surface area contributed by atoms with E-state index in [1.54, 1.807) is 30.3 Å². The molecular formula is C26H27FN4O4S. The number of piperazine rings is 1. The van der Waals surface area contributed by atoms with Crippen LogP contribution in [0.4, 0.5) is 15.2 Å². The summed E-state index contributed by atoms with van der Waals surface area (Å²) in [4.78, 5) is 35.9. The van der Waals surface area contributed by atoms with Crippen LogP contribution in [0.15, 0.2) is 42.5 Å². The van der Waals surface area contributed by atoms with Crippen LogP contribution >= 0.6 is 11.3 Å². The molecule has 0 radical (unpaired) electrons. The van der Waals surface area contributed by atoms with Crippen molar-refractivity contribution in [3.8, 4) is 11.5 Å². The monoisotopic (exact) mass is 510 g/mol. The number of nitrogens with one attached hydrogen (secondary N) is 1. The molecule has 188 valence electrons. The third-order valence-corrected chi connectivity index (χ3v) is 7.68. The van der Waals surface area contributed by atoms with Crippen molar-refractivity contribution in [3.63, 3.8) is 0 Å². The summed E-state index contributed by atoms with van der Waals surface area (Å²) in [6.07, 6.45) is 1.49. The van der Waals surface area contributed by atoms with Gasteiger partial charge in [-0.15, -0.1) is 11.3 Å². The third kappa shape index (κ3) is 4.86. The Bertz CT molecular complexity index is 1250. The number of methoxy groups -OCH3 is 2. The van der Waals surface area contributed by atoms with E-state index in [2.05, 4.69) is 15.2 Å². The van der Waals surface area contributed by atoms with E-state index < -0.39 is 0 Å². The van der Waals surface area contributed by atoms with Crippen molar-refractivity contribution in [3.05, 3.63) is 64.4 Å². The number of thiazole rings is 1. The van der Waals surface area contributed by atoms with Gasteiger partial charge in [0.15, 0.2) is 5.13 Å². The number of benzene rings is 2. The lowest BCUT2D eigenvalue weighted by atomic mass is 10.1. The molecule has 1 aliphatic carbocycles. The molecule has 0 bridgehead atoms. The number of amides is 2. The van der Waals surface area contributed by atoms with Crippen molar-refractivity contribution in [2.75, 3.05) is 50.6 Å². The molecule has 1 aromatic heterocycles. The van der Waals surface area contributed by atoms with Gasteiger partial charge in [0, 0.05) is 48.4 Å². The number of hydrogen-bond acceptors (Lipinski definition) is 7. The Morgan fingerprint density at radius 3 is 2.33 bits per heavy atom. The highest BCUT2D eigenvalue weighted by atomic mass is 32.1. The van der Waals surface area contributed by atoms with Crippen molar-refractivity contribution in [2.45, 2.75) is 18.8 Å². The van der Waals surface area contributed by atoms with Crippen LogP contribution in [0.2, 0.25) is 0 Å². The van der Waals surface area contributed by atoms with E-state index in [-0.39, 0.29) is 23.5 Å². The van der Waals surface area contributed by atoms with E-state index >= 15 is 0 Å². The van der Waals surface area contributed by atoms with E-state index in [4.69, 9.17) is 9.47 Å². The molecule has 3 aromatic rings. The number of aryl methyl sites for hydroxylation is 1. The topological polar surface area (TPSA) is 84.0 Å². The van der Waals surface area contributed by atoms with Gasteiger partial charge in [0.05, 0.1) is 25.8 Å². The van der Waals surface area contributed by atoms with Crippen LogP contribution in [0, 0.1) is 5.82 Å². The highest BCUT2D eigenvalue weighted by Crippen LogP contribution is 2.39. The Morgan fingerprint density at radius 1 is 1.03 bits per heavy atom. The van der Waals surface area contributed by atoms with E-state index in [9.17, 15) is 14.0 Å². The highest BCUT2D eigenvalue weighted by Gasteiger charge is 2.36. The summed E-state index contributed by atoms with van der Waals surface area (Å²) in [6, 6.07) is 11.4. The van der Waals surface area contributed by atoms with E-state index in [0.717, 1.165) is 29.1 Å². The van der Waals surface area contributed by atoms with Crippen molar-refractivity contribution < 1.29 is 23.5 Å². The van der Waals surface area contributed by atoms with Gasteiger partial charge in [-0.2, -0.15) is 0 Å². The first-order valence-corrected chi connectivity index (χ1v) is 12.6. The number of fused-ring (bicyclic) bond motifs is 1. The SMILES string of the molecule is COc1cc(OC)cc(C(=O)Nc2nc3c(s2)CCC3C(=O)N2CCN(c3ccc(F)cc3)CC2)c1. The second-order valence-corrected chi connectivity index (χ2v) is 9.85. The fourth-order valence-electron chi connectivity index (χ4n) is 4.69. The first kappa shape index (κ1) is 24.1. The largest absolute Gasteiger partial charge is 0.497 e. The molecule has 0 spiro atoms. The van der Waals surface area contributed by atoms with E-state index in [1.165, 1.54) is 37.7 Å². The van der Waals surface area contributed by atoms with Crippen molar-refractivity contribution in [2.24, 2.45) is 0 Å². The van der Waals surface area contributed by atoms with Crippen molar-refractivity contribution >= 4 is 34.0 Å². The molecule has 0 saturated carbocycles. The van der Waals surface area contributed by atoms with Gasteiger partial charge in [0.25, 0.3) is 5.91 Å². The molecule has 1 fully saturated rings. The van der Waals surface area contributed by atoms with Crippen LogP contribution in [0.1, 0.15) is 33.3 Å². The minimum absolute atomic E-state index is 0.0771. The van der Waals surface area contributed by atoms with Gasteiger partial charge in [0.1, 0.15) is 17.3 Å². The Hall–Kier alpha value is -3.66. The number of hydrogen-bond donors (Lipinski definition) is 1. The molecule has 1 N–H and O–H groups in total. The van der Waals surface area contributed by atoms with Gasteiger partial charge in [0.2, 0.25) is 5.91 Å². The fraction of sp³-hybridized carbons (Fsp3) is 0.346. The molecule has 5 rings (SSSR count). The number of halogens is 1. The number of rotatable bonds is 6. The fourth-order valence-corrected chi connectivity index (χ4v) is 5.72. The summed E-state index contributed by atoms with van der Waals surface area (Å²) in [5.74, 6) is 0.244. The summed E-state index contributed by atoms with van der Waals surface area (Å²) in [7, 11) is 3.06. The lowest BCUT2D eigenvalue weighted by molar-refractivity contribution is -0.133. The summed E-state index contributed by atoms with van der Waals surface area (Å²) in [6.45, 7) is 2.60. The molecular weight excluding hydrogens is 483 g/mol. The van der Waals surface area contributed by atoms with Crippen LogP contribution in [0.5, 0.6) is 11.5 Å². The quantitative estimate of drug-likeness (QED) is 0.541. The maximum absolute atomic E-state index is 13.4. The minimum atomic E-state index is -0.320. The van der Waals surface area contributed by atoms with Gasteiger partial charge in [-0.3, -0.25) is 14.9 Å². The molecule has 8 nitrogen and oxygen atoms in total. The lowest BCUT2D eigenvalue weighted by Gasteiger charge is -2.37. The second-order valence-electron chi connectivity index (χ2n) is 8.76. The first-order chi connectivity index (χ1) is 17.4. The average molecular weight is 511 g/mol. The standard InChI is InChI=1S/C26H27FN4O4S/c1-34-19-13-16(14-20(15-19)35-2)24(32)29-26-28-23-21(7-8-22(23)36-26)25(33)31-11-9-30(10-12-31)18-5-3-17(27)4-6-18/h3-6,13-15,21H,7-12H2,1-2H3,(H,28,29,32). The average Bonchev–Trinajstić information content (AvgIpc) is 3.48. The zero-order chi connectivity index (χ0) is 25.2. The Kier molecular flexibility index (Phi) is 6.77. The van der Waals surface area contributed by atoms with Gasteiger partial charge < -0.3 is 19.3 Å². The number of aromatic nitrogens is 1. The van der Waals surface area contributed by atoms with E-state index in [0.29, 0.717) is 48.4 Å². The van der Waals surface area contributed by atoms with Gasteiger partial charge in [-0.1, -0.05) is 0 Å². The molecule has 2 aromatic carbocycles. The number of ether oxygens (including phenoxy) is 2. The Balaban J connectivity index is 1.23. The number of carbonyl (C=O) groups excluding carboxylic acids is 2.